The van der Waals surface area contributed by atoms with E-state index < -0.39 is 0 Å². The number of hydrogen-bond donors (Lipinski definition) is 2. The summed E-state index contributed by atoms with van der Waals surface area (Å²) in [6.07, 6.45) is 7.66. The van der Waals surface area contributed by atoms with E-state index in [2.05, 4.69) is 25.6 Å². The molecule has 0 saturated carbocycles. The van der Waals surface area contributed by atoms with E-state index in [-0.39, 0.29) is 5.91 Å². The number of aromatic nitrogens is 5. The summed E-state index contributed by atoms with van der Waals surface area (Å²) >= 11 is 0. The average Bonchev–Trinajstić information content (AvgIpc) is 3.44. The van der Waals surface area contributed by atoms with Crippen molar-refractivity contribution in [2.75, 3.05) is 30.3 Å². The lowest BCUT2D eigenvalue weighted by atomic mass is 10.3. The number of imidazole rings is 1. The van der Waals surface area contributed by atoms with Crippen molar-refractivity contribution < 1.29 is 4.79 Å². The van der Waals surface area contributed by atoms with Crippen LogP contribution in [0.5, 0.6) is 0 Å². The second-order valence-electron chi connectivity index (χ2n) is 7.65. The largest absolute Gasteiger partial charge is 0.368 e. The highest BCUT2D eigenvalue weighted by molar-refractivity contribution is 5.86. The second kappa shape index (κ2) is 9.01. The van der Waals surface area contributed by atoms with Crippen molar-refractivity contribution in [2.45, 2.75) is 19.3 Å². The van der Waals surface area contributed by atoms with E-state index in [1.165, 1.54) is 0 Å². The van der Waals surface area contributed by atoms with Gasteiger partial charge in [-0.2, -0.15) is 9.97 Å². The van der Waals surface area contributed by atoms with Crippen molar-refractivity contribution >= 4 is 34.5 Å². The van der Waals surface area contributed by atoms with Gasteiger partial charge in [0.25, 0.3) is 0 Å². The summed E-state index contributed by atoms with van der Waals surface area (Å²) in [5.74, 6) is 1.36. The number of rotatable bonds is 8. The van der Waals surface area contributed by atoms with Crippen LogP contribution in [0.15, 0.2) is 61.2 Å². The molecule has 1 aromatic carbocycles. The Balaban J connectivity index is 1.42. The van der Waals surface area contributed by atoms with Crippen LogP contribution in [0.3, 0.4) is 0 Å². The molecule has 162 valence electrons. The van der Waals surface area contributed by atoms with Crippen molar-refractivity contribution in [3.63, 3.8) is 0 Å². The van der Waals surface area contributed by atoms with Crippen LogP contribution in [-0.4, -0.2) is 54.9 Å². The van der Waals surface area contributed by atoms with Crippen LogP contribution in [0.1, 0.15) is 19.3 Å². The van der Waals surface area contributed by atoms with Gasteiger partial charge >= 0.3 is 0 Å². The minimum atomic E-state index is 0.249. The Bertz CT molecular complexity index is 1210. The van der Waals surface area contributed by atoms with Crippen LogP contribution in [0, 0.1) is 0 Å². The quantitative estimate of drug-likeness (QED) is 0.415. The third-order valence-electron chi connectivity index (χ3n) is 5.42. The van der Waals surface area contributed by atoms with Gasteiger partial charge in [-0.25, -0.2) is 4.98 Å². The van der Waals surface area contributed by atoms with Crippen molar-refractivity contribution in [1.29, 1.82) is 0 Å². The van der Waals surface area contributed by atoms with Gasteiger partial charge in [0.2, 0.25) is 11.9 Å². The zero-order valence-electron chi connectivity index (χ0n) is 17.6. The molecule has 0 radical (unpaired) electrons. The number of nitrogens with one attached hydrogen (secondary N) is 2. The Labute approximate surface area is 185 Å². The lowest BCUT2D eigenvalue weighted by Crippen LogP contribution is -2.27. The highest BCUT2D eigenvalue weighted by atomic mass is 16.2. The predicted octanol–water partition coefficient (Wildman–Crippen LogP) is 3.38. The van der Waals surface area contributed by atoms with Gasteiger partial charge in [-0.15, -0.1) is 0 Å². The van der Waals surface area contributed by atoms with Gasteiger partial charge in [0, 0.05) is 37.9 Å². The van der Waals surface area contributed by atoms with E-state index in [4.69, 9.17) is 4.98 Å². The molecule has 1 fully saturated rings. The first-order valence-electron chi connectivity index (χ1n) is 10.8. The van der Waals surface area contributed by atoms with Crippen molar-refractivity contribution in [1.82, 2.24) is 29.4 Å². The molecule has 1 amide bonds. The molecule has 9 heteroatoms. The molecule has 9 nitrogen and oxygen atoms in total. The van der Waals surface area contributed by atoms with Gasteiger partial charge in [0.15, 0.2) is 17.0 Å². The van der Waals surface area contributed by atoms with E-state index in [1.54, 1.807) is 18.7 Å². The summed E-state index contributed by atoms with van der Waals surface area (Å²) < 4.78 is 1.94. The smallest absolute Gasteiger partial charge is 0.231 e. The Hall–Kier alpha value is -4.01. The van der Waals surface area contributed by atoms with Gasteiger partial charge in [-0.05, 0) is 37.1 Å². The third kappa shape index (κ3) is 4.22. The van der Waals surface area contributed by atoms with Crippen LogP contribution in [0.25, 0.3) is 16.9 Å². The summed E-state index contributed by atoms with van der Waals surface area (Å²) in [6, 6.07) is 13.7. The summed E-state index contributed by atoms with van der Waals surface area (Å²) in [7, 11) is 0. The van der Waals surface area contributed by atoms with Gasteiger partial charge < -0.3 is 15.5 Å². The van der Waals surface area contributed by atoms with Crippen LogP contribution >= 0.6 is 0 Å². The fourth-order valence-electron chi connectivity index (χ4n) is 3.84. The summed E-state index contributed by atoms with van der Waals surface area (Å²) in [6.45, 7) is 2.29. The summed E-state index contributed by atoms with van der Waals surface area (Å²) in [5, 5.41) is 6.62. The number of carbonyl (C=O) groups excluding carboxylic acids is 1. The molecular weight excluding hydrogens is 404 g/mol. The van der Waals surface area contributed by atoms with E-state index in [9.17, 15) is 4.79 Å². The maximum Gasteiger partial charge on any atom is 0.231 e. The molecule has 0 spiro atoms. The fourth-order valence-corrected chi connectivity index (χ4v) is 3.84. The van der Waals surface area contributed by atoms with Gasteiger partial charge in [0.1, 0.15) is 6.33 Å². The van der Waals surface area contributed by atoms with E-state index >= 15 is 0 Å². The number of carbonyl (C=O) groups is 1. The lowest BCUT2D eigenvalue weighted by Gasteiger charge is -2.15. The van der Waals surface area contributed by atoms with E-state index in [0.717, 1.165) is 37.3 Å². The molecule has 32 heavy (non-hydrogen) atoms. The number of nitrogens with zero attached hydrogens (tertiary/aromatic N) is 6. The number of likely N-dealkylation sites (tertiary alicyclic amines) is 1. The number of pyridine rings is 1. The Morgan fingerprint density at radius 2 is 1.97 bits per heavy atom. The molecule has 0 atom stereocenters. The molecule has 1 aliphatic rings. The predicted molar refractivity (Wildman–Crippen MR) is 123 cm³/mol. The number of fused-ring (bicyclic) bond motifs is 1. The summed E-state index contributed by atoms with van der Waals surface area (Å²) in [5.41, 5.74) is 3.17. The molecule has 0 unspecified atom stereocenters. The first-order valence-corrected chi connectivity index (χ1v) is 10.8. The molecule has 1 saturated heterocycles. The minimum Gasteiger partial charge on any atom is -0.368 e. The topological polar surface area (TPSA) is 101 Å². The third-order valence-corrected chi connectivity index (χ3v) is 5.42. The zero-order chi connectivity index (χ0) is 21.8. The van der Waals surface area contributed by atoms with Crippen LogP contribution in [0.2, 0.25) is 0 Å². The molecule has 0 aliphatic carbocycles. The zero-order valence-corrected chi connectivity index (χ0v) is 17.6. The number of benzene rings is 1. The van der Waals surface area contributed by atoms with Crippen molar-refractivity contribution in [3.8, 4) is 5.69 Å². The molecule has 0 bridgehead atoms. The molecular formula is C23H24N8O. The van der Waals surface area contributed by atoms with Crippen molar-refractivity contribution in [2.24, 2.45) is 0 Å². The number of hydrogen-bond acceptors (Lipinski definition) is 7. The van der Waals surface area contributed by atoms with E-state index in [1.807, 2.05) is 51.9 Å². The van der Waals surface area contributed by atoms with Gasteiger partial charge in [-0.3, -0.25) is 14.3 Å². The fraction of sp³-hybridized carbons (Fsp3) is 0.261. The van der Waals surface area contributed by atoms with Crippen LogP contribution < -0.4 is 10.6 Å². The molecule has 2 N–H and O–H groups in total. The van der Waals surface area contributed by atoms with Gasteiger partial charge in [-0.1, -0.05) is 18.2 Å². The molecule has 4 aromatic rings. The van der Waals surface area contributed by atoms with Crippen LogP contribution in [0.4, 0.5) is 17.5 Å². The van der Waals surface area contributed by atoms with Gasteiger partial charge in [0.05, 0.1) is 11.9 Å². The second-order valence-corrected chi connectivity index (χ2v) is 7.65. The molecule has 5 rings (SSSR count). The molecule has 4 heterocycles. The Kier molecular flexibility index (Phi) is 5.61. The average molecular weight is 429 g/mol. The first-order chi connectivity index (χ1) is 15.8. The number of anilines is 3. The highest BCUT2D eigenvalue weighted by Gasteiger charge is 2.19. The lowest BCUT2D eigenvalue weighted by molar-refractivity contribution is -0.127. The molecule has 3 aromatic heterocycles. The molecule has 1 aliphatic heterocycles. The number of para-hydroxylation sites is 1. The van der Waals surface area contributed by atoms with E-state index in [0.29, 0.717) is 35.9 Å². The maximum atomic E-state index is 11.8. The standard InChI is InChI=1S/C23H24N8O/c32-19-10-5-13-30(19)14-6-12-25-21-20-22(31(16-26-20)18-8-2-1-3-9-18)29-23(28-21)27-17-7-4-11-24-15-17/h1-4,7-9,11,15-16H,5-6,10,12-14H2,(H2,25,27,28,29). The summed E-state index contributed by atoms with van der Waals surface area (Å²) in [4.78, 5) is 31.9. The highest BCUT2D eigenvalue weighted by Crippen LogP contribution is 2.25. The normalized spacial score (nSPS) is 13.6. The maximum absolute atomic E-state index is 11.8. The first kappa shape index (κ1) is 19.9. The number of amides is 1. The Morgan fingerprint density at radius 3 is 2.75 bits per heavy atom. The minimum absolute atomic E-state index is 0.249. The van der Waals surface area contributed by atoms with Crippen LogP contribution in [-0.2, 0) is 4.79 Å². The Morgan fingerprint density at radius 1 is 1.06 bits per heavy atom. The SMILES string of the molecule is O=C1CCCN1CCCNc1nc(Nc2cccnc2)nc2c1ncn2-c1ccccc1. The monoisotopic (exact) mass is 428 g/mol. The van der Waals surface area contributed by atoms with Crippen molar-refractivity contribution in [3.05, 3.63) is 61.2 Å².